The monoisotopic (exact) mass is 114 g/mol. The van der Waals surface area contributed by atoms with Gasteiger partial charge in [-0.3, -0.25) is 5.41 Å². The predicted octanol–water partition coefficient (Wildman–Crippen LogP) is 1.69. The minimum absolute atomic E-state index is 1.19. The Bertz CT molecular complexity index is 51.5. The number of nitrogens with one attached hydrogen (secondary N) is 1. The molecule has 0 saturated carbocycles. The molecule has 0 amide bonds. The summed E-state index contributed by atoms with van der Waals surface area (Å²) in [7, 11) is 1.75. The van der Waals surface area contributed by atoms with Crippen LogP contribution in [0.25, 0.3) is 0 Å². The van der Waals surface area contributed by atoms with Crippen molar-refractivity contribution in [3.05, 3.63) is 12.8 Å². The van der Waals surface area contributed by atoms with Crippen LogP contribution >= 0.6 is 0 Å². The fourth-order valence-corrected chi connectivity index (χ4v) is 0.0527. The fourth-order valence-electron chi connectivity index (χ4n) is 0.0527. The Morgan fingerprint density at radius 3 is 1.88 bits per heavy atom. The van der Waals surface area contributed by atoms with E-state index in [9.17, 15) is 0 Å². The van der Waals surface area contributed by atoms with E-state index in [4.69, 9.17) is 5.41 Å². The van der Waals surface area contributed by atoms with Gasteiger partial charge in [-0.2, -0.15) is 0 Å². The molecule has 8 heavy (non-hydrogen) atoms. The fraction of sp³-hybridized carbons (Fsp3) is 0.500. The lowest BCUT2D eigenvalue weighted by molar-refractivity contribution is 0.708. The molecule has 0 aromatic heterocycles. The van der Waals surface area contributed by atoms with Crippen LogP contribution in [-0.4, -0.2) is 18.3 Å². The van der Waals surface area contributed by atoms with Gasteiger partial charge in [0.1, 0.15) is 0 Å². The average Bonchev–Trinajstić information content (AvgIpc) is 1.91. The lowest BCUT2D eigenvalue weighted by Crippen LogP contribution is -2.03. The van der Waals surface area contributed by atoms with E-state index in [0.29, 0.717) is 0 Å². The Labute approximate surface area is 51.3 Å². The smallest absolute Gasteiger partial charge is 0.0854 e. The minimum atomic E-state index is 1.19. The van der Waals surface area contributed by atoms with Gasteiger partial charge in [0.2, 0.25) is 0 Å². The van der Waals surface area contributed by atoms with E-state index in [1.807, 2.05) is 13.8 Å². The molecule has 0 aliphatic carbocycles. The van der Waals surface area contributed by atoms with Gasteiger partial charge >= 0.3 is 0 Å². The molecule has 0 atom stereocenters. The zero-order chi connectivity index (χ0) is 6.99. The molecule has 2 heteroatoms. The SMILES string of the molecule is C=CN(C)C=N.CC. The third-order valence-corrected chi connectivity index (χ3v) is 0.492. The Hall–Kier alpha value is -0.790. The normalized spacial score (nSPS) is 5.88. The van der Waals surface area contributed by atoms with Crippen LogP contribution in [0.5, 0.6) is 0 Å². The van der Waals surface area contributed by atoms with Gasteiger partial charge in [0.15, 0.2) is 0 Å². The second-order valence-electron chi connectivity index (χ2n) is 0.977. The topological polar surface area (TPSA) is 27.1 Å². The first-order chi connectivity index (χ1) is 3.81. The number of hydrogen-bond acceptors (Lipinski definition) is 1. The van der Waals surface area contributed by atoms with Crippen LogP contribution in [0, 0.1) is 5.41 Å². The Morgan fingerprint density at radius 2 is 1.88 bits per heavy atom. The van der Waals surface area contributed by atoms with E-state index in [0.717, 1.165) is 0 Å². The molecule has 0 unspecified atom stereocenters. The molecule has 0 radical (unpaired) electrons. The minimum Gasteiger partial charge on any atom is -0.343 e. The zero-order valence-electron chi connectivity index (χ0n) is 5.81. The maximum Gasteiger partial charge on any atom is 0.0854 e. The van der Waals surface area contributed by atoms with Crippen molar-refractivity contribution in [3.8, 4) is 0 Å². The van der Waals surface area contributed by atoms with Crippen LogP contribution in [0.2, 0.25) is 0 Å². The summed E-state index contributed by atoms with van der Waals surface area (Å²) in [5, 5.41) is 6.54. The van der Waals surface area contributed by atoms with E-state index in [2.05, 4.69) is 6.58 Å². The van der Waals surface area contributed by atoms with Crippen LogP contribution in [0.1, 0.15) is 13.8 Å². The van der Waals surface area contributed by atoms with E-state index in [-0.39, 0.29) is 0 Å². The Balaban J connectivity index is 0. The highest BCUT2D eigenvalue weighted by Crippen LogP contribution is 1.67. The summed E-state index contributed by atoms with van der Waals surface area (Å²) in [6.07, 6.45) is 2.75. The first kappa shape index (κ1) is 10.2. The molecule has 0 spiro atoms. The van der Waals surface area contributed by atoms with Crippen molar-refractivity contribution in [1.29, 1.82) is 5.41 Å². The number of rotatable bonds is 2. The number of hydrogen-bond donors (Lipinski definition) is 1. The quantitative estimate of drug-likeness (QED) is 0.429. The van der Waals surface area contributed by atoms with Gasteiger partial charge in [-0.1, -0.05) is 20.4 Å². The molecular formula is C6H14N2. The van der Waals surface area contributed by atoms with Crippen molar-refractivity contribution in [2.75, 3.05) is 7.05 Å². The van der Waals surface area contributed by atoms with Gasteiger partial charge in [0, 0.05) is 7.05 Å². The molecule has 0 bridgehead atoms. The molecule has 0 aliphatic heterocycles. The van der Waals surface area contributed by atoms with E-state index in [1.165, 1.54) is 6.34 Å². The van der Waals surface area contributed by atoms with Gasteiger partial charge in [-0.25, -0.2) is 0 Å². The van der Waals surface area contributed by atoms with Crippen molar-refractivity contribution < 1.29 is 0 Å². The van der Waals surface area contributed by atoms with Crippen molar-refractivity contribution in [3.63, 3.8) is 0 Å². The van der Waals surface area contributed by atoms with Crippen LogP contribution in [-0.2, 0) is 0 Å². The van der Waals surface area contributed by atoms with E-state index >= 15 is 0 Å². The van der Waals surface area contributed by atoms with Crippen molar-refractivity contribution >= 4 is 6.34 Å². The molecule has 2 nitrogen and oxygen atoms in total. The highest BCUT2D eigenvalue weighted by Gasteiger charge is 1.70. The maximum atomic E-state index is 6.54. The molecular weight excluding hydrogens is 100 g/mol. The Kier molecular flexibility index (Phi) is 12.2. The maximum absolute atomic E-state index is 6.54. The Morgan fingerprint density at radius 1 is 1.50 bits per heavy atom. The lowest BCUT2D eigenvalue weighted by atomic mass is 10.8. The second kappa shape index (κ2) is 9.51. The summed E-state index contributed by atoms with van der Waals surface area (Å²) < 4.78 is 0. The molecule has 1 N–H and O–H groups in total. The largest absolute Gasteiger partial charge is 0.343 e. The van der Waals surface area contributed by atoms with Gasteiger partial charge in [-0.15, -0.1) is 0 Å². The highest BCUT2D eigenvalue weighted by atomic mass is 15.1. The van der Waals surface area contributed by atoms with Crippen LogP contribution in [0.3, 0.4) is 0 Å². The third-order valence-electron chi connectivity index (χ3n) is 0.492. The third kappa shape index (κ3) is 8.96. The zero-order valence-corrected chi connectivity index (χ0v) is 5.81. The molecule has 0 fully saturated rings. The van der Waals surface area contributed by atoms with Crippen molar-refractivity contribution in [1.82, 2.24) is 4.90 Å². The average molecular weight is 114 g/mol. The van der Waals surface area contributed by atoms with Crippen LogP contribution in [0.15, 0.2) is 12.8 Å². The lowest BCUT2D eigenvalue weighted by Gasteiger charge is -1.99. The van der Waals surface area contributed by atoms with Crippen molar-refractivity contribution in [2.45, 2.75) is 13.8 Å². The molecule has 0 aromatic rings. The molecule has 0 heterocycles. The first-order valence-corrected chi connectivity index (χ1v) is 2.66. The highest BCUT2D eigenvalue weighted by molar-refractivity contribution is 5.51. The number of nitrogens with zero attached hydrogens (tertiary/aromatic N) is 1. The van der Waals surface area contributed by atoms with Gasteiger partial charge in [0.05, 0.1) is 6.34 Å². The van der Waals surface area contributed by atoms with Gasteiger partial charge in [-0.05, 0) is 6.20 Å². The molecule has 0 rings (SSSR count). The summed E-state index contributed by atoms with van der Waals surface area (Å²) in [5.74, 6) is 0. The summed E-state index contributed by atoms with van der Waals surface area (Å²) in [5.41, 5.74) is 0. The van der Waals surface area contributed by atoms with E-state index in [1.54, 1.807) is 18.1 Å². The van der Waals surface area contributed by atoms with Gasteiger partial charge < -0.3 is 4.90 Å². The molecule has 0 saturated heterocycles. The summed E-state index contributed by atoms with van der Waals surface area (Å²) in [6, 6.07) is 0. The summed E-state index contributed by atoms with van der Waals surface area (Å²) in [4.78, 5) is 1.56. The van der Waals surface area contributed by atoms with Crippen LogP contribution < -0.4 is 0 Å². The summed E-state index contributed by atoms with van der Waals surface area (Å²) >= 11 is 0. The molecule has 0 aromatic carbocycles. The predicted molar refractivity (Wildman–Crippen MR) is 38.1 cm³/mol. The van der Waals surface area contributed by atoms with Crippen molar-refractivity contribution in [2.24, 2.45) is 0 Å². The molecule has 0 aliphatic rings. The van der Waals surface area contributed by atoms with Crippen LogP contribution in [0.4, 0.5) is 0 Å². The summed E-state index contributed by atoms with van der Waals surface area (Å²) in [6.45, 7) is 7.41. The second-order valence-corrected chi connectivity index (χ2v) is 0.977. The first-order valence-electron chi connectivity index (χ1n) is 2.66. The van der Waals surface area contributed by atoms with Gasteiger partial charge in [0.25, 0.3) is 0 Å². The standard InChI is InChI=1S/C4H8N2.C2H6/c1-3-6(2)4-5;1-2/h3-5H,1H2,2H3;1-2H3. The van der Waals surface area contributed by atoms with E-state index < -0.39 is 0 Å². The molecule has 48 valence electrons.